The lowest BCUT2D eigenvalue weighted by molar-refractivity contribution is 0.180. The lowest BCUT2D eigenvalue weighted by atomic mass is 9.86. The van der Waals surface area contributed by atoms with E-state index in [2.05, 4.69) is 31.2 Å². The predicted octanol–water partition coefficient (Wildman–Crippen LogP) is 3.15. The maximum Gasteiger partial charge on any atom is 0.119 e. The highest BCUT2D eigenvalue weighted by molar-refractivity contribution is 5.27. The molecule has 1 aliphatic rings. The number of aryl methyl sites for hydroxylation is 1. The first kappa shape index (κ1) is 12.4. The van der Waals surface area contributed by atoms with Crippen LogP contribution in [-0.4, -0.2) is 12.6 Å². The van der Waals surface area contributed by atoms with Crippen molar-refractivity contribution in [3.63, 3.8) is 0 Å². The minimum Gasteiger partial charge on any atom is -0.493 e. The highest BCUT2D eigenvalue weighted by Crippen LogP contribution is 2.27. The van der Waals surface area contributed by atoms with Crippen LogP contribution in [0.5, 0.6) is 5.75 Å². The summed E-state index contributed by atoms with van der Waals surface area (Å²) in [6.45, 7) is 2.94. The Kier molecular flexibility index (Phi) is 4.43. The van der Waals surface area contributed by atoms with Crippen LogP contribution < -0.4 is 10.5 Å². The van der Waals surface area contributed by atoms with Gasteiger partial charge in [-0.05, 0) is 56.2 Å². The number of rotatable bonds is 6. The van der Waals surface area contributed by atoms with Crippen LogP contribution in [-0.2, 0) is 6.42 Å². The zero-order valence-electron chi connectivity index (χ0n) is 10.7. The van der Waals surface area contributed by atoms with Crippen LogP contribution in [0.25, 0.3) is 0 Å². The minimum atomic E-state index is 0.282. The first-order valence-electron chi connectivity index (χ1n) is 6.71. The Bertz CT molecular complexity index is 327. The van der Waals surface area contributed by atoms with Crippen molar-refractivity contribution in [2.24, 2.45) is 11.7 Å². The third-order valence-electron chi connectivity index (χ3n) is 3.52. The van der Waals surface area contributed by atoms with Crippen LogP contribution >= 0.6 is 0 Å². The molecular weight excluding hydrogens is 210 g/mol. The van der Waals surface area contributed by atoms with E-state index in [1.807, 2.05) is 0 Å². The van der Waals surface area contributed by atoms with Gasteiger partial charge in [0, 0.05) is 6.04 Å². The van der Waals surface area contributed by atoms with Crippen LogP contribution in [0.1, 0.15) is 38.2 Å². The van der Waals surface area contributed by atoms with Crippen molar-refractivity contribution in [2.75, 3.05) is 6.61 Å². The van der Waals surface area contributed by atoms with Gasteiger partial charge in [-0.1, -0.05) is 18.6 Å². The van der Waals surface area contributed by atoms with Gasteiger partial charge in [0.15, 0.2) is 0 Å². The van der Waals surface area contributed by atoms with Crippen molar-refractivity contribution in [3.8, 4) is 5.75 Å². The van der Waals surface area contributed by atoms with Gasteiger partial charge in [-0.25, -0.2) is 0 Å². The van der Waals surface area contributed by atoms with Crippen LogP contribution in [0, 0.1) is 5.92 Å². The van der Waals surface area contributed by atoms with Gasteiger partial charge in [-0.3, -0.25) is 0 Å². The van der Waals surface area contributed by atoms with E-state index in [-0.39, 0.29) is 6.04 Å². The zero-order valence-corrected chi connectivity index (χ0v) is 10.7. The van der Waals surface area contributed by atoms with Crippen molar-refractivity contribution < 1.29 is 4.74 Å². The first-order chi connectivity index (χ1) is 8.24. The first-order valence-corrected chi connectivity index (χ1v) is 6.71. The van der Waals surface area contributed by atoms with Crippen molar-refractivity contribution in [1.82, 2.24) is 0 Å². The molecule has 0 aromatic heterocycles. The fraction of sp³-hybridized carbons (Fsp3) is 0.600. The highest BCUT2D eigenvalue weighted by atomic mass is 16.5. The minimum absolute atomic E-state index is 0.282. The van der Waals surface area contributed by atoms with Crippen molar-refractivity contribution in [1.29, 1.82) is 0 Å². The lowest BCUT2D eigenvalue weighted by Gasteiger charge is -2.25. The van der Waals surface area contributed by atoms with E-state index in [0.29, 0.717) is 0 Å². The molecule has 2 rings (SSSR count). The Balaban J connectivity index is 1.76. The summed E-state index contributed by atoms with van der Waals surface area (Å²) in [4.78, 5) is 0. The Morgan fingerprint density at radius 2 is 2.00 bits per heavy atom. The molecule has 0 aliphatic heterocycles. The van der Waals surface area contributed by atoms with Crippen molar-refractivity contribution in [2.45, 2.75) is 45.1 Å². The predicted molar refractivity (Wildman–Crippen MR) is 71.2 cm³/mol. The zero-order chi connectivity index (χ0) is 12.1. The molecule has 1 aromatic carbocycles. The lowest BCUT2D eigenvalue weighted by Crippen LogP contribution is -2.19. The maximum atomic E-state index is 5.77. The average molecular weight is 233 g/mol. The van der Waals surface area contributed by atoms with E-state index in [9.17, 15) is 0 Å². The number of nitrogens with two attached hydrogens (primary N) is 1. The molecule has 2 nitrogen and oxygen atoms in total. The molecule has 0 radical (unpaired) electrons. The number of hydrogen-bond acceptors (Lipinski definition) is 2. The Morgan fingerprint density at radius 3 is 2.53 bits per heavy atom. The molecule has 1 fully saturated rings. The third kappa shape index (κ3) is 4.04. The van der Waals surface area contributed by atoms with Crippen LogP contribution in [0.2, 0.25) is 0 Å². The van der Waals surface area contributed by atoms with E-state index in [4.69, 9.17) is 10.5 Å². The normalized spacial score (nSPS) is 17.5. The third-order valence-corrected chi connectivity index (χ3v) is 3.52. The fourth-order valence-electron chi connectivity index (χ4n) is 2.02. The van der Waals surface area contributed by atoms with E-state index in [0.717, 1.165) is 31.1 Å². The van der Waals surface area contributed by atoms with Gasteiger partial charge in [-0.2, -0.15) is 0 Å². The molecule has 94 valence electrons. The summed E-state index contributed by atoms with van der Waals surface area (Å²) >= 11 is 0. The summed E-state index contributed by atoms with van der Waals surface area (Å²) < 4.78 is 5.77. The molecule has 0 saturated heterocycles. The molecule has 0 bridgehead atoms. The molecule has 0 heterocycles. The summed E-state index contributed by atoms with van der Waals surface area (Å²) in [5, 5.41) is 0. The van der Waals surface area contributed by atoms with E-state index in [1.54, 1.807) is 0 Å². The van der Waals surface area contributed by atoms with Crippen molar-refractivity contribution >= 4 is 0 Å². The molecule has 1 aromatic rings. The summed E-state index contributed by atoms with van der Waals surface area (Å²) in [5.41, 5.74) is 7.09. The molecule has 1 aliphatic carbocycles. The molecular formula is C15H23NO. The van der Waals surface area contributed by atoms with Crippen LogP contribution in [0.15, 0.2) is 24.3 Å². The van der Waals surface area contributed by atoms with Gasteiger partial charge in [-0.15, -0.1) is 0 Å². The number of hydrogen-bond donors (Lipinski definition) is 1. The van der Waals surface area contributed by atoms with Gasteiger partial charge >= 0.3 is 0 Å². The summed E-state index contributed by atoms with van der Waals surface area (Å²) in [6, 6.07) is 8.74. The SMILES string of the molecule is CC(N)CCc1ccc(OCC2CCC2)cc1. The van der Waals surface area contributed by atoms with Gasteiger partial charge in [0.05, 0.1) is 6.61 Å². The molecule has 17 heavy (non-hydrogen) atoms. The molecule has 1 saturated carbocycles. The van der Waals surface area contributed by atoms with Crippen LogP contribution in [0.4, 0.5) is 0 Å². The smallest absolute Gasteiger partial charge is 0.119 e. The quantitative estimate of drug-likeness (QED) is 0.819. The topological polar surface area (TPSA) is 35.2 Å². The second-order valence-corrected chi connectivity index (χ2v) is 5.27. The summed E-state index contributed by atoms with van der Waals surface area (Å²) in [5.74, 6) is 1.80. The second kappa shape index (κ2) is 6.06. The largest absolute Gasteiger partial charge is 0.493 e. The van der Waals surface area contributed by atoms with Gasteiger partial charge in [0.2, 0.25) is 0 Å². The monoisotopic (exact) mass is 233 g/mol. The molecule has 0 amide bonds. The Hall–Kier alpha value is -1.02. The number of ether oxygens (including phenoxy) is 1. The van der Waals surface area contributed by atoms with E-state index >= 15 is 0 Å². The highest BCUT2D eigenvalue weighted by Gasteiger charge is 2.17. The average Bonchev–Trinajstić information content (AvgIpc) is 2.26. The van der Waals surface area contributed by atoms with Gasteiger partial charge in [0.1, 0.15) is 5.75 Å². The van der Waals surface area contributed by atoms with Gasteiger partial charge < -0.3 is 10.5 Å². The fourth-order valence-corrected chi connectivity index (χ4v) is 2.02. The second-order valence-electron chi connectivity index (χ2n) is 5.27. The molecule has 0 spiro atoms. The molecule has 2 heteroatoms. The number of benzene rings is 1. The summed E-state index contributed by atoms with van der Waals surface area (Å²) in [7, 11) is 0. The van der Waals surface area contributed by atoms with E-state index in [1.165, 1.54) is 24.8 Å². The molecule has 1 unspecified atom stereocenters. The summed E-state index contributed by atoms with van der Waals surface area (Å²) in [6.07, 6.45) is 6.16. The molecule has 2 N–H and O–H groups in total. The standard InChI is InChI=1S/C15H23NO/c1-12(16)5-6-13-7-9-15(10-8-13)17-11-14-3-2-4-14/h7-10,12,14H,2-6,11,16H2,1H3. The van der Waals surface area contributed by atoms with Crippen LogP contribution in [0.3, 0.4) is 0 Å². The maximum absolute atomic E-state index is 5.77. The Labute approximate surface area is 104 Å². The Morgan fingerprint density at radius 1 is 1.29 bits per heavy atom. The van der Waals surface area contributed by atoms with E-state index < -0.39 is 0 Å². The van der Waals surface area contributed by atoms with Crippen molar-refractivity contribution in [3.05, 3.63) is 29.8 Å². The van der Waals surface area contributed by atoms with Gasteiger partial charge in [0.25, 0.3) is 0 Å². The molecule has 1 atom stereocenters.